The molecule has 2 nitrogen and oxygen atoms in total. The number of thioether (sulfide) groups is 1. The Bertz CT molecular complexity index is 757. The molecule has 0 amide bonds. The number of para-hydroxylation sites is 2. The Morgan fingerprint density at radius 3 is 2.58 bits per heavy atom. The van der Waals surface area contributed by atoms with Crippen molar-refractivity contribution in [1.29, 1.82) is 0 Å². The van der Waals surface area contributed by atoms with Gasteiger partial charge in [-0.3, -0.25) is 4.99 Å². The van der Waals surface area contributed by atoms with E-state index in [1.54, 1.807) is 11.8 Å². The normalized spacial score (nSPS) is 15.6. The molecule has 0 aliphatic carbocycles. The Balaban J connectivity index is 1.92. The van der Waals surface area contributed by atoms with Crippen LogP contribution in [0, 0.1) is 0 Å². The summed E-state index contributed by atoms with van der Waals surface area (Å²) in [6, 6.07) is 16.3. The summed E-state index contributed by atoms with van der Waals surface area (Å²) in [5, 5.41) is 1.02. The monoisotopic (exact) mass is 262 g/mol. The molecule has 0 spiro atoms. The minimum atomic E-state index is 0.926. The van der Waals surface area contributed by atoms with Crippen LogP contribution in [0.25, 0.3) is 6.08 Å². The number of hydrogen-bond acceptors (Lipinski definition) is 3. The fourth-order valence-corrected chi connectivity index (χ4v) is 3.15. The van der Waals surface area contributed by atoms with Crippen LogP contribution in [0.3, 0.4) is 0 Å². The lowest BCUT2D eigenvalue weighted by molar-refractivity contribution is 1.42. The van der Waals surface area contributed by atoms with Gasteiger partial charge in [0.2, 0.25) is 0 Å². The standard InChI is InChI=1S/C16H10N2S/c1-4-8-15-11(5-1)9-12-10-17-13-6-2-3-7-14(13)18-16(12)19-15/h1-10H. The highest BCUT2D eigenvalue weighted by Crippen LogP contribution is 2.38. The van der Waals surface area contributed by atoms with Gasteiger partial charge >= 0.3 is 0 Å². The summed E-state index contributed by atoms with van der Waals surface area (Å²) < 4.78 is 0. The summed E-state index contributed by atoms with van der Waals surface area (Å²) in [7, 11) is 0. The van der Waals surface area contributed by atoms with Crippen LogP contribution in [0.2, 0.25) is 0 Å². The lowest BCUT2D eigenvalue weighted by Gasteiger charge is -2.14. The molecule has 0 saturated carbocycles. The topological polar surface area (TPSA) is 24.7 Å². The molecule has 0 fully saturated rings. The molecule has 2 aromatic carbocycles. The van der Waals surface area contributed by atoms with Crippen LogP contribution < -0.4 is 0 Å². The Kier molecular flexibility index (Phi) is 2.38. The van der Waals surface area contributed by atoms with Gasteiger partial charge in [0.1, 0.15) is 5.04 Å². The van der Waals surface area contributed by atoms with Gasteiger partial charge < -0.3 is 0 Å². The van der Waals surface area contributed by atoms with E-state index in [9.17, 15) is 0 Å². The highest BCUT2D eigenvalue weighted by atomic mass is 32.2. The van der Waals surface area contributed by atoms with Crippen LogP contribution >= 0.6 is 11.8 Å². The number of hydrogen-bond donors (Lipinski definition) is 0. The van der Waals surface area contributed by atoms with Gasteiger partial charge in [-0.1, -0.05) is 42.1 Å². The molecule has 19 heavy (non-hydrogen) atoms. The zero-order chi connectivity index (χ0) is 12.7. The molecule has 0 unspecified atom stereocenters. The van der Waals surface area contributed by atoms with Crippen molar-refractivity contribution >= 4 is 40.5 Å². The third kappa shape index (κ3) is 1.83. The van der Waals surface area contributed by atoms with E-state index in [0.29, 0.717) is 0 Å². The SMILES string of the molecule is C1=Nc2ccccc2N=C2Sc3ccccc3C=C12. The molecule has 2 heterocycles. The molecular formula is C16H10N2S. The molecular weight excluding hydrogens is 252 g/mol. The van der Waals surface area contributed by atoms with Crippen molar-refractivity contribution in [1.82, 2.24) is 0 Å². The maximum atomic E-state index is 4.75. The maximum absolute atomic E-state index is 4.75. The van der Waals surface area contributed by atoms with Gasteiger partial charge in [-0.15, -0.1) is 0 Å². The zero-order valence-electron chi connectivity index (χ0n) is 10.1. The molecule has 2 aromatic rings. The molecule has 0 aromatic heterocycles. The average molecular weight is 262 g/mol. The second kappa shape index (κ2) is 4.21. The summed E-state index contributed by atoms with van der Waals surface area (Å²) in [5.41, 5.74) is 4.18. The fraction of sp³-hybridized carbons (Fsp3) is 0. The number of benzene rings is 2. The fourth-order valence-electron chi connectivity index (χ4n) is 2.18. The maximum Gasteiger partial charge on any atom is 0.110 e. The Labute approximate surface area is 115 Å². The second-order valence-corrected chi connectivity index (χ2v) is 5.43. The van der Waals surface area contributed by atoms with Crippen molar-refractivity contribution < 1.29 is 0 Å². The van der Waals surface area contributed by atoms with Crippen molar-refractivity contribution in [3.05, 3.63) is 59.7 Å². The quantitative estimate of drug-likeness (QED) is 0.679. The Morgan fingerprint density at radius 2 is 1.63 bits per heavy atom. The first-order chi connectivity index (χ1) is 9.40. The molecule has 0 atom stereocenters. The van der Waals surface area contributed by atoms with Crippen molar-refractivity contribution in [3.63, 3.8) is 0 Å². The van der Waals surface area contributed by atoms with E-state index in [-0.39, 0.29) is 0 Å². The van der Waals surface area contributed by atoms with Crippen LogP contribution in [-0.2, 0) is 0 Å². The summed E-state index contributed by atoms with van der Waals surface area (Å²) in [6.45, 7) is 0. The van der Waals surface area contributed by atoms with Crippen molar-refractivity contribution in [2.75, 3.05) is 0 Å². The summed E-state index contributed by atoms with van der Waals surface area (Å²) >= 11 is 1.71. The lowest BCUT2D eigenvalue weighted by atomic mass is 10.1. The zero-order valence-corrected chi connectivity index (χ0v) is 10.9. The predicted molar refractivity (Wildman–Crippen MR) is 82.0 cm³/mol. The molecule has 4 rings (SSSR count). The number of fused-ring (bicyclic) bond motifs is 3. The predicted octanol–water partition coefficient (Wildman–Crippen LogP) is 4.62. The summed E-state index contributed by atoms with van der Waals surface area (Å²) in [4.78, 5) is 10.5. The van der Waals surface area contributed by atoms with E-state index in [1.807, 2.05) is 30.5 Å². The minimum Gasteiger partial charge on any atom is -0.254 e. The number of nitrogens with zero attached hydrogens (tertiary/aromatic N) is 2. The first kappa shape index (κ1) is 10.8. The van der Waals surface area contributed by atoms with Gasteiger partial charge in [-0.05, 0) is 29.8 Å². The van der Waals surface area contributed by atoms with Gasteiger partial charge in [0.15, 0.2) is 0 Å². The van der Waals surface area contributed by atoms with Crippen molar-refractivity contribution in [3.8, 4) is 0 Å². The molecule has 0 saturated heterocycles. The molecule has 0 N–H and O–H groups in total. The van der Waals surface area contributed by atoms with Gasteiger partial charge in [0.25, 0.3) is 0 Å². The first-order valence-electron chi connectivity index (χ1n) is 6.11. The van der Waals surface area contributed by atoms with Crippen LogP contribution in [0.5, 0.6) is 0 Å². The van der Waals surface area contributed by atoms with Crippen LogP contribution in [0.4, 0.5) is 11.4 Å². The number of rotatable bonds is 0. The second-order valence-electron chi connectivity index (χ2n) is 4.40. The molecule has 0 radical (unpaired) electrons. The molecule has 2 aliphatic rings. The lowest BCUT2D eigenvalue weighted by Crippen LogP contribution is -2.03. The molecule has 3 heteroatoms. The average Bonchev–Trinajstić information content (AvgIpc) is 2.63. The molecule has 0 bridgehead atoms. The third-order valence-electron chi connectivity index (χ3n) is 3.13. The molecule has 2 aliphatic heterocycles. The smallest absolute Gasteiger partial charge is 0.110 e. The van der Waals surface area contributed by atoms with Gasteiger partial charge in [0.05, 0.1) is 11.4 Å². The van der Waals surface area contributed by atoms with Gasteiger partial charge in [-0.2, -0.15) is 0 Å². The summed E-state index contributed by atoms with van der Waals surface area (Å²) in [6.07, 6.45) is 4.06. The van der Waals surface area contributed by atoms with Gasteiger partial charge in [-0.25, -0.2) is 4.99 Å². The number of aliphatic imine (C=N–C) groups is 2. The van der Waals surface area contributed by atoms with Gasteiger partial charge in [0, 0.05) is 16.7 Å². The Hall–Kier alpha value is -2.13. The highest BCUT2D eigenvalue weighted by Gasteiger charge is 2.18. The highest BCUT2D eigenvalue weighted by molar-refractivity contribution is 8.14. The minimum absolute atomic E-state index is 0.926. The van der Waals surface area contributed by atoms with E-state index in [1.165, 1.54) is 10.5 Å². The van der Waals surface area contributed by atoms with Crippen molar-refractivity contribution in [2.45, 2.75) is 4.90 Å². The largest absolute Gasteiger partial charge is 0.254 e. The van der Waals surface area contributed by atoms with Crippen LogP contribution in [0.15, 0.2) is 69.0 Å². The summed E-state index contributed by atoms with van der Waals surface area (Å²) in [5.74, 6) is 0. The van der Waals surface area contributed by atoms with E-state index in [4.69, 9.17) is 4.99 Å². The Morgan fingerprint density at radius 1 is 0.842 bits per heavy atom. The van der Waals surface area contributed by atoms with E-state index >= 15 is 0 Å². The van der Waals surface area contributed by atoms with Crippen LogP contribution in [-0.4, -0.2) is 11.3 Å². The van der Waals surface area contributed by atoms with E-state index < -0.39 is 0 Å². The van der Waals surface area contributed by atoms with Crippen molar-refractivity contribution in [2.24, 2.45) is 9.98 Å². The van der Waals surface area contributed by atoms with E-state index in [2.05, 4.69) is 35.3 Å². The third-order valence-corrected chi connectivity index (χ3v) is 4.24. The van der Waals surface area contributed by atoms with E-state index in [0.717, 1.165) is 22.0 Å². The first-order valence-corrected chi connectivity index (χ1v) is 6.92. The molecule has 90 valence electrons. The van der Waals surface area contributed by atoms with Crippen LogP contribution in [0.1, 0.15) is 5.56 Å².